The van der Waals surface area contributed by atoms with Gasteiger partial charge < -0.3 is 10.6 Å². The standard InChI is InChI=1S/C9H10N2O/c1-6-3-2-4-7-8(11-10)5-12-9(6)7/h2-4H,5,10H2,1H3/b11-8+. The molecule has 0 saturated carbocycles. The van der Waals surface area contributed by atoms with E-state index in [-0.39, 0.29) is 0 Å². The Hall–Kier alpha value is -1.51. The zero-order valence-electron chi connectivity index (χ0n) is 6.87. The number of benzene rings is 1. The summed E-state index contributed by atoms with van der Waals surface area (Å²) in [4.78, 5) is 0. The number of fused-ring (bicyclic) bond motifs is 1. The van der Waals surface area contributed by atoms with Gasteiger partial charge in [-0.2, -0.15) is 5.10 Å². The van der Waals surface area contributed by atoms with Crippen molar-refractivity contribution in [2.75, 3.05) is 6.61 Å². The van der Waals surface area contributed by atoms with E-state index in [1.807, 2.05) is 25.1 Å². The molecule has 12 heavy (non-hydrogen) atoms. The van der Waals surface area contributed by atoms with Gasteiger partial charge in [-0.3, -0.25) is 0 Å². The van der Waals surface area contributed by atoms with Crippen LogP contribution < -0.4 is 10.6 Å². The maximum atomic E-state index is 5.42. The molecule has 0 fully saturated rings. The summed E-state index contributed by atoms with van der Waals surface area (Å²) >= 11 is 0. The van der Waals surface area contributed by atoms with Crippen LogP contribution in [0.2, 0.25) is 0 Å². The van der Waals surface area contributed by atoms with Crippen LogP contribution >= 0.6 is 0 Å². The van der Waals surface area contributed by atoms with E-state index in [1.54, 1.807) is 0 Å². The molecule has 0 amide bonds. The molecule has 2 N–H and O–H groups in total. The quantitative estimate of drug-likeness (QED) is 0.458. The molecule has 3 nitrogen and oxygen atoms in total. The first kappa shape index (κ1) is 7.16. The lowest BCUT2D eigenvalue weighted by Gasteiger charge is -2.00. The summed E-state index contributed by atoms with van der Waals surface area (Å²) in [6.45, 7) is 2.51. The fourth-order valence-corrected chi connectivity index (χ4v) is 1.40. The molecule has 0 aliphatic carbocycles. The number of hydrazone groups is 1. The molecule has 0 bridgehead atoms. The summed E-state index contributed by atoms with van der Waals surface area (Å²) in [5.41, 5.74) is 2.98. The second-order valence-corrected chi connectivity index (χ2v) is 2.82. The van der Waals surface area contributed by atoms with E-state index in [0.29, 0.717) is 6.61 Å². The predicted octanol–water partition coefficient (Wildman–Crippen LogP) is 1.05. The lowest BCUT2D eigenvalue weighted by molar-refractivity contribution is 0.390. The van der Waals surface area contributed by atoms with Crippen LogP contribution in [0.5, 0.6) is 5.75 Å². The fraction of sp³-hybridized carbons (Fsp3) is 0.222. The van der Waals surface area contributed by atoms with E-state index in [9.17, 15) is 0 Å². The van der Waals surface area contributed by atoms with Crippen LogP contribution in [-0.4, -0.2) is 12.3 Å². The molecule has 0 saturated heterocycles. The van der Waals surface area contributed by atoms with Crippen LogP contribution in [0, 0.1) is 6.92 Å². The van der Waals surface area contributed by atoms with Crippen LogP contribution in [0.25, 0.3) is 0 Å². The molecule has 3 heteroatoms. The molecule has 0 unspecified atom stereocenters. The Balaban J connectivity index is 2.61. The average molecular weight is 162 g/mol. The van der Waals surface area contributed by atoms with Gasteiger partial charge in [0.15, 0.2) is 0 Å². The topological polar surface area (TPSA) is 47.6 Å². The number of para-hydroxylation sites is 1. The van der Waals surface area contributed by atoms with Crippen molar-refractivity contribution in [3.63, 3.8) is 0 Å². The molecular formula is C9H10N2O. The lowest BCUT2D eigenvalue weighted by atomic mass is 10.1. The number of rotatable bonds is 0. The zero-order valence-corrected chi connectivity index (χ0v) is 6.87. The van der Waals surface area contributed by atoms with Crippen molar-refractivity contribution >= 4 is 5.71 Å². The smallest absolute Gasteiger partial charge is 0.133 e. The minimum Gasteiger partial charge on any atom is -0.486 e. The van der Waals surface area contributed by atoms with Crippen LogP contribution in [0.1, 0.15) is 11.1 Å². The predicted molar refractivity (Wildman–Crippen MR) is 47.4 cm³/mol. The Morgan fingerprint density at radius 3 is 3.08 bits per heavy atom. The Labute approximate surface area is 70.8 Å². The van der Waals surface area contributed by atoms with Crippen LogP contribution in [0.3, 0.4) is 0 Å². The number of ether oxygens (including phenoxy) is 1. The highest BCUT2D eigenvalue weighted by Crippen LogP contribution is 2.28. The van der Waals surface area contributed by atoms with Gasteiger partial charge in [0.25, 0.3) is 0 Å². The summed E-state index contributed by atoms with van der Waals surface area (Å²) < 4.78 is 5.42. The maximum absolute atomic E-state index is 5.42. The minimum absolute atomic E-state index is 0.497. The summed E-state index contributed by atoms with van der Waals surface area (Å²) in [7, 11) is 0. The molecule has 1 aliphatic rings. The van der Waals surface area contributed by atoms with Crippen molar-refractivity contribution in [2.24, 2.45) is 10.9 Å². The first-order chi connectivity index (χ1) is 5.83. The van der Waals surface area contributed by atoms with E-state index < -0.39 is 0 Å². The summed E-state index contributed by atoms with van der Waals surface area (Å²) in [6, 6.07) is 5.97. The van der Waals surface area contributed by atoms with Gasteiger partial charge in [-0.05, 0) is 18.6 Å². The Kier molecular flexibility index (Phi) is 1.50. The van der Waals surface area contributed by atoms with Crippen molar-refractivity contribution in [1.82, 2.24) is 0 Å². The summed E-state index contributed by atoms with van der Waals surface area (Å²) in [5.74, 6) is 6.12. The summed E-state index contributed by atoms with van der Waals surface area (Å²) in [6.07, 6.45) is 0. The van der Waals surface area contributed by atoms with Gasteiger partial charge in [0.2, 0.25) is 0 Å². The van der Waals surface area contributed by atoms with Crippen LogP contribution in [0.15, 0.2) is 23.3 Å². The second kappa shape index (κ2) is 2.52. The number of nitrogens with zero attached hydrogens (tertiary/aromatic N) is 1. The highest BCUT2D eigenvalue weighted by molar-refractivity contribution is 6.06. The number of hydrogen-bond donors (Lipinski definition) is 1. The van der Waals surface area contributed by atoms with Gasteiger partial charge in [-0.1, -0.05) is 12.1 Å². The van der Waals surface area contributed by atoms with E-state index in [0.717, 1.165) is 22.6 Å². The van der Waals surface area contributed by atoms with E-state index >= 15 is 0 Å². The lowest BCUT2D eigenvalue weighted by Crippen LogP contribution is -2.04. The van der Waals surface area contributed by atoms with E-state index in [2.05, 4.69) is 5.10 Å². The van der Waals surface area contributed by atoms with Gasteiger partial charge in [-0.25, -0.2) is 0 Å². The monoisotopic (exact) mass is 162 g/mol. The van der Waals surface area contributed by atoms with Crippen molar-refractivity contribution in [3.05, 3.63) is 29.3 Å². The molecular weight excluding hydrogens is 152 g/mol. The van der Waals surface area contributed by atoms with Crippen LogP contribution in [0.4, 0.5) is 0 Å². The first-order valence-electron chi connectivity index (χ1n) is 3.82. The highest BCUT2D eigenvalue weighted by atomic mass is 16.5. The van der Waals surface area contributed by atoms with Gasteiger partial charge >= 0.3 is 0 Å². The van der Waals surface area contributed by atoms with Crippen molar-refractivity contribution in [3.8, 4) is 5.75 Å². The highest BCUT2D eigenvalue weighted by Gasteiger charge is 2.19. The Morgan fingerprint density at radius 2 is 2.33 bits per heavy atom. The number of hydrogen-bond acceptors (Lipinski definition) is 3. The molecule has 1 aliphatic heterocycles. The van der Waals surface area contributed by atoms with Gasteiger partial charge in [0, 0.05) is 5.56 Å². The summed E-state index contributed by atoms with van der Waals surface area (Å²) in [5, 5.41) is 3.66. The van der Waals surface area contributed by atoms with Crippen molar-refractivity contribution in [1.29, 1.82) is 0 Å². The Morgan fingerprint density at radius 1 is 1.50 bits per heavy atom. The van der Waals surface area contributed by atoms with Crippen molar-refractivity contribution < 1.29 is 4.74 Å². The fourth-order valence-electron chi connectivity index (χ4n) is 1.40. The average Bonchev–Trinajstić information content (AvgIpc) is 2.49. The van der Waals surface area contributed by atoms with Gasteiger partial charge in [-0.15, -0.1) is 0 Å². The molecule has 1 aromatic carbocycles. The largest absolute Gasteiger partial charge is 0.486 e. The molecule has 1 heterocycles. The normalized spacial score (nSPS) is 17.6. The molecule has 0 aromatic heterocycles. The van der Waals surface area contributed by atoms with E-state index in [1.165, 1.54) is 0 Å². The minimum atomic E-state index is 0.497. The molecule has 2 rings (SSSR count). The van der Waals surface area contributed by atoms with E-state index in [4.69, 9.17) is 10.6 Å². The van der Waals surface area contributed by atoms with Crippen LogP contribution in [-0.2, 0) is 0 Å². The van der Waals surface area contributed by atoms with Gasteiger partial charge in [0.05, 0.1) is 0 Å². The third-order valence-corrected chi connectivity index (χ3v) is 2.03. The molecule has 0 atom stereocenters. The number of aryl methyl sites for hydroxylation is 1. The van der Waals surface area contributed by atoms with Crippen molar-refractivity contribution in [2.45, 2.75) is 6.92 Å². The SMILES string of the molecule is Cc1cccc2c1OC/C2=N\N. The molecule has 1 aromatic rings. The third-order valence-electron chi connectivity index (χ3n) is 2.03. The Bertz CT molecular complexity index is 344. The second-order valence-electron chi connectivity index (χ2n) is 2.82. The maximum Gasteiger partial charge on any atom is 0.133 e. The number of nitrogens with two attached hydrogens (primary N) is 1. The van der Waals surface area contributed by atoms with Gasteiger partial charge in [0.1, 0.15) is 18.1 Å². The zero-order chi connectivity index (χ0) is 8.55. The molecule has 0 spiro atoms. The molecule has 0 radical (unpaired) electrons. The third kappa shape index (κ3) is 0.863. The molecule has 62 valence electrons. The first-order valence-corrected chi connectivity index (χ1v) is 3.82.